The number of amides is 1. The fraction of sp³-hybridized carbons (Fsp3) is 0.211. The first-order valence-electron chi connectivity index (χ1n) is 8.47. The lowest BCUT2D eigenvalue weighted by molar-refractivity contribution is -0.123. The van der Waals surface area contributed by atoms with Gasteiger partial charge in [0.05, 0.1) is 11.3 Å². The van der Waals surface area contributed by atoms with Crippen LogP contribution >= 0.6 is 0 Å². The number of carbonyl (C=O) groups is 1. The number of hydrogen-bond donors (Lipinski definition) is 3. The van der Waals surface area contributed by atoms with Gasteiger partial charge in [-0.1, -0.05) is 13.0 Å². The van der Waals surface area contributed by atoms with Crippen molar-refractivity contribution in [3.8, 4) is 5.88 Å². The van der Waals surface area contributed by atoms with Crippen LogP contribution in [0.4, 0.5) is 19.0 Å². The maximum Gasteiger partial charge on any atom is 0.405 e. The normalized spacial score (nSPS) is 12.4. The summed E-state index contributed by atoms with van der Waals surface area (Å²) in [5.74, 6) is -0.544. The molecule has 3 rings (SSSR count). The molecule has 0 aliphatic heterocycles. The monoisotopic (exact) mass is 390 g/mol. The number of alkyl halides is 3. The number of aromatic nitrogens is 2. The van der Waals surface area contributed by atoms with Crippen molar-refractivity contribution in [2.75, 3.05) is 6.54 Å². The molecule has 0 radical (unpaired) electrons. The molecule has 1 aromatic carbocycles. The third-order valence-corrected chi connectivity index (χ3v) is 4.01. The Balaban J connectivity index is 2.02. The van der Waals surface area contributed by atoms with Gasteiger partial charge in [-0.2, -0.15) is 13.2 Å². The van der Waals surface area contributed by atoms with Crippen molar-refractivity contribution in [1.82, 2.24) is 15.3 Å². The van der Waals surface area contributed by atoms with Gasteiger partial charge in [0, 0.05) is 22.7 Å². The summed E-state index contributed by atoms with van der Waals surface area (Å²) in [4.78, 5) is 23.4. The van der Waals surface area contributed by atoms with Gasteiger partial charge < -0.3 is 15.4 Å². The molecule has 9 heteroatoms. The number of hydrogen-bond acceptors (Lipinski definition) is 4. The van der Waals surface area contributed by atoms with Crippen molar-refractivity contribution in [3.63, 3.8) is 0 Å². The van der Waals surface area contributed by atoms with E-state index in [1.165, 1.54) is 18.2 Å². The number of nitrogens with zero attached hydrogens (tertiary/aromatic N) is 2. The fourth-order valence-corrected chi connectivity index (χ4v) is 2.76. The molecule has 0 unspecified atom stereocenters. The molecule has 6 nitrogen and oxygen atoms in total. The molecule has 0 spiro atoms. The summed E-state index contributed by atoms with van der Waals surface area (Å²) in [6.07, 6.45) is -2.45. The number of aliphatic imine (C=N–C) groups is 1. The van der Waals surface area contributed by atoms with Crippen LogP contribution in [-0.2, 0) is 0 Å². The molecule has 0 atom stereocenters. The number of halogens is 3. The Bertz CT molecular complexity index is 1030. The Labute approximate surface area is 158 Å². The third-order valence-electron chi connectivity index (χ3n) is 4.01. The van der Waals surface area contributed by atoms with E-state index < -0.39 is 18.6 Å². The summed E-state index contributed by atoms with van der Waals surface area (Å²) in [6, 6.07) is 9.56. The smallest absolute Gasteiger partial charge is 0.405 e. The van der Waals surface area contributed by atoms with Gasteiger partial charge >= 0.3 is 6.18 Å². The lowest BCUT2D eigenvalue weighted by Crippen LogP contribution is -2.33. The van der Waals surface area contributed by atoms with Crippen molar-refractivity contribution in [2.45, 2.75) is 19.5 Å². The first-order valence-corrected chi connectivity index (χ1v) is 8.47. The first kappa shape index (κ1) is 19.4. The summed E-state index contributed by atoms with van der Waals surface area (Å²) in [5.41, 5.74) is 1.48. The number of carbonyl (C=O) groups excluding carboxylic acids is 1. The van der Waals surface area contributed by atoms with E-state index in [1.807, 2.05) is 12.2 Å². The summed E-state index contributed by atoms with van der Waals surface area (Å²) >= 11 is 0. The summed E-state index contributed by atoms with van der Waals surface area (Å²) in [6.45, 7) is 0.427. The van der Waals surface area contributed by atoms with Crippen molar-refractivity contribution in [3.05, 3.63) is 53.7 Å². The molecule has 2 aromatic heterocycles. The van der Waals surface area contributed by atoms with E-state index in [0.717, 1.165) is 0 Å². The van der Waals surface area contributed by atoms with Crippen LogP contribution in [-0.4, -0.2) is 39.4 Å². The largest absolute Gasteiger partial charge is 0.494 e. The lowest BCUT2D eigenvalue weighted by atomic mass is 10.0. The van der Waals surface area contributed by atoms with E-state index in [1.54, 1.807) is 24.4 Å². The van der Waals surface area contributed by atoms with Gasteiger partial charge in [-0.25, -0.2) is 9.98 Å². The average Bonchev–Trinajstić information content (AvgIpc) is 2.99. The van der Waals surface area contributed by atoms with Crippen LogP contribution in [0.5, 0.6) is 5.88 Å². The SMILES string of the molecule is CC/C(=N\c1ccccn1)c1c(O)[nH]c2ccc(C(=O)NCC(F)(F)F)cc12. The maximum atomic E-state index is 12.3. The molecule has 0 aliphatic rings. The number of fused-ring (bicyclic) bond motifs is 1. The Morgan fingerprint density at radius 3 is 2.71 bits per heavy atom. The zero-order chi connectivity index (χ0) is 20.3. The molecule has 3 aromatic rings. The molecule has 0 saturated carbocycles. The minimum absolute atomic E-state index is 0.0466. The topological polar surface area (TPSA) is 90.4 Å². The van der Waals surface area contributed by atoms with Gasteiger partial charge in [-0.05, 0) is 36.8 Å². The van der Waals surface area contributed by atoms with Crippen molar-refractivity contribution >= 4 is 28.3 Å². The Kier molecular flexibility index (Phi) is 5.34. The molecule has 3 N–H and O–H groups in total. The zero-order valence-corrected chi connectivity index (χ0v) is 14.8. The van der Waals surface area contributed by atoms with E-state index in [4.69, 9.17) is 0 Å². The Morgan fingerprint density at radius 1 is 1.29 bits per heavy atom. The highest BCUT2D eigenvalue weighted by Crippen LogP contribution is 2.30. The lowest BCUT2D eigenvalue weighted by Gasteiger charge is -2.09. The van der Waals surface area contributed by atoms with Crippen LogP contribution < -0.4 is 5.32 Å². The molecule has 0 saturated heterocycles. The van der Waals surface area contributed by atoms with Crippen LogP contribution in [0, 0.1) is 0 Å². The second-order valence-electron chi connectivity index (χ2n) is 6.01. The molecular formula is C19H17F3N4O2. The van der Waals surface area contributed by atoms with Crippen LogP contribution in [0.1, 0.15) is 29.3 Å². The van der Waals surface area contributed by atoms with Crippen LogP contribution in [0.25, 0.3) is 10.9 Å². The Hall–Kier alpha value is -3.36. The minimum atomic E-state index is -4.50. The second kappa shape index (κ2) is 7.71. The molecule has 146 valence electrons. The van der Waals surface area contributed by atoms with Gasteiger partial charge in [0.1, 0.15) is 6.54 Å². The number of benzene rings is 1. The summed E-state index contributed by atoms with van der Waals surface area (Å²) < 4.78 is 37.0. The average molecular weight is 390 g/mol. The quantitative estimate of drug-likeness (QED) is 0.573. The summed E-state index contributed by atoms with van der Waals surface area (Å²) in [7, 11) is 0. The van der Waals surface area contributed by atoms with E-state index >= 15 is 0 Å². The van der Waals surface area contributed by atoms with Crippen LogP contribution in [0.15, 0.2) is 47.6 Å². The molecule has 0 aliphatic carbocycles. The van der Waals surface area contributed by atoms with Crippen molar-refractivity contribution < 1.29 is 23.1 Å². The number of rotatable bonds is 5. The first-order chi connectivity index (χ1) is 13.3. The predicted octanol–water partition coefficient (Wildman–Crippen LogP) is 4.09. The number of aromatic hydroxyl groups is 1. The minimum Gasteiger partial charge on any atom is -0.494 e. The van der Waals surface area contributed by atoms with E-state index in [0.29, 0.717) is 34.4 Å². The van der Waals surface area contributed by atoms with Gasteiger partial charge in [0.2, 0.25) is 0 Å². The molecule has 2 heterocycles. The molecule has 28 heavy (non-hydrogen) atoms. The summed E-state index contributed by atoms with van der Waals surface area (Å²) in [5, 5.41) is 12.7. The second-order valence-corrected chi connectivity index (χ2v) is 6.01. The number of aromatic amines is 1. The third kappa shape index (κ3) is 4.30. The number of nitrogens with one attached hydrogen (secondary N) is 2. The van der Waals surface area contributed by atoms with E-state index in [-0.39, 0.29) is 11.4 Å². The zero-order valence-electron chi connectivity index (χ0n) is 14.8. The van der Waals surface area contributed by atoms with Crippen LogP contribution in [0.2, 0.25) is 0 Å². The van der Waals surface area contributed by atoms with Gasteiger partial charge in [-0.15, -0.1) is 0 Å². The predicted molar refractivity (Wildman–Crippen MR) is 99.1 cm³/mol. The van der Waals surface area contributed by atoms with Gasteiger partial charge in [-0.3, -0.25) is 4.79 Å². The highest BCUT2D eigenvalue weighted by atomic mass is 19.4. The Morgan fingerprint density at radius 2 is 2.07 bits per heavy atom. The molecule has 0 fully saturated rings. The highest BCUT2D eigenvalue weighted by molar-refractivity contribution is 6.14. The highest BCUT2D eigenvalue weighted by Gasteiger charge is 2.28. The fourth-order valence-electron chi connectivity index (χ4n) is 2.76. The standard InChI is InChI=1S/C19H17F3N4O2/c1-2-13(25-15-5-3-4-8-23-15)16-12-9-11(6-7-14(12)26-18(16)28)17(27)24-10-19(20,21)22/h3-9,26,28H,2,10H2,1H3,(H,24,27)/b25-13+. The van der Waals surface area contributed by atoms with Crippen molar-refractivity contribution in [2.24, 2.45) is 4.99 Å². The maximum absolute atomic E-state index is 12.3. The molecular weight excluding hydrogens is 373 g/mol. The number of H-pyrrole nitrogens is 1. The van der Waals surface area contributed by atoms with Crippen molar-refractivity contribution in [1.29, 1.82) is 0 Å². The molecule has 0 bridgehead atoms. The van der Waals surface area contributed by atoms with E-state index in [2.05, 4.69) is 15.0 Å². The van der Waals surface area contributed by atoms with Gasteiger partial charge in [0.25, 0.3) is 5.91 Å². The molecule has 1 amide bonds. The van der Waals surface area contributed by atoms with Crippen LogP contribution in [0.3, 0.4) is 0 Å². The van der Waals surface area contributed by atoms with E-state index in [9.17, 15) is 23.1 Å². The van der Waals surface area contributed by atoms with Gasteiger partial charge in [0.15, 0.2) is 11.7 Å². The number of pyridine rings is 1.